The second kappa shape index (κ2) is 5.37. The van der Waals surface area contributed by atoms with E-state index in [9.17, 15) is 13.2 Å². The van der Waals surface area contributed by atoms with Gasteiger partial charge in [0.2, 0.25) is 0 Å². The van der Waals surface area contributed by atoms with Crippen molar-refractivity contribution < 1.29 is 13.2 Å². The summed E-state index contributed by atoms with van der Waals surface area (Å²) in [6.07, 6.45) is 0. The van der Waals surface area contributed by atoms with Gasteiger partial charge in [0.1, 0.15) is 5.82 Å². The van der Waals surface area contributed by atoms with Crippen LogP contribution in [-0.4, -0.2) is 24.0 Å². The molecule has 0 radical (unpaired) electrons. The smallest absolute Gasteiger partial charge is 0.281 e. The Morgan fingerprint density at radius 1 is 1.25 bits per heavy atom. The zero-order chi connectivity index (χ0) is 15.1. The summed E-state index contributed by atoms with van der Waals surface area (Å²) in [5.41, 5.74) is 5.23. The summed E-state index contributed by atoms with van der Waals surface area (Å²) in [5, 5.41) is 0. The Hall–Kier alpha value is -1.07. The summed E-state index contributed by atoms with van der Waals surface area (Å²) in [4.78, 5) is 1.95. The van der Waals surface area contributed by atoms with Gasteiger partial charge in [-0.25, -0.2) is 13.2 Å². The standard InChI is InChI=1S/C15H21F3N2/c1-9(2)20-7-11(8-20)15(17,18)13-6-4-5-12(10(3)19)14(13)16/h4-6,9-11H,7-8,19H2,1-3H3/t10-/m1/s1. The minimum atomic E-state index is -3.15. The van der Waals surface area contributed by atoms with Crippen molar-refractivity contribution in [2.24, 2.45) is 11.7 Å². The van der Waals surface area contributed by atoms with E-state index in [0.29, 0.717) is 13.1 Å². The Labute approximate surface area is 117 Å². The van der Waals surface area contributed by atoms with Crippen LogP contribution >= 0.6 is 0 Å². The predicted octanol–water partition coefficient (Wildman–Crippen LogP) is 3.28. The SMILES string of the molecule is CC(C)N1CC(C(F)(F)c2cccc([C@@H](C)N)c2F)C1. The molecule has 0 bridgehead atoms. The summed E-state index contributed by atoms with van der Waals surface area (Å²) in [7, 11) is 0. The zero-order valence-corrected chi connectivity index (χ0v) is 12.0. The van der Waals surface area contributed by atoms with Crippen LogP contribution in [0.1, 0.15) is 37.9 Å². The molecule has 0 aromatic heterocycles. The highest BCUT2D eigenvalue weighted by atomic mass is 19.3. The molecule has 1 aliphatic rings. The van der Waals surface area contributed by atoms with E-state index in [-0.39, 0.29) is 11.6 Å². The van der Waals surface area contributed by atoms with Gasteiger partial charge in [-0.05, 0) is 20.8 Å². The Kier molecular flexibility index (Phi) is 4.12. The first-order valence-electron chi connectivity index (χ1n) is 6.91. The van der Waals surface area contributed by atoms with Crippen LogP contribution in [0.2, 0.25) is 0 Å². The van der Waals surface area contributed by atoms with Crippen molar-refractivity contribution in [1.82, 2.24) is 4.90 Å². The topological polar surface area (TPSA) is 29.3 Å². The molecule has 112 valence electrons. The number of hydrogen-bond donors (Lipinski definition) is 1. The van der Waals surface area contributed by atoms with E-state index in [1.165, 1.54) is 18.2 Å². The molecule has 0 unspecified atom stereocenters. The van der Waals surface area contributed by atoms with Crippen LogP contribution in [0, 0.1) is 11.7 Å². The van der Waals surface area contributed by atoms with Gasteiger partial charge in [0.25, 0.3) is 5.92 Å². The van der Waals surface area contributed by atoms with Gasteiger partial charge in [0, 0.05) is 30.7 Å². The van der Waals surface area contributed by atoms with Crippen molar-refractivity contribution in [3.8, 4) is 0 Å². The van der Waals surface area contributed by atoms with E-state index in [1.54, 1.807) is 6.92 Å². The maximum Gasteiger partial charge on any atom is 0.281 e. The van der Waals surface area contributed by atoms with Crippen LogP contribution < -0.4 is 5.73 Å². The molecule has 2 N–H and O–H groups in total. The van der Waals surface area contributed by atoms with Gasteiger partial charge in [-0.3, -0.25) is 4.90 Å². The first kappa shape index (κ1) is 15.3. The number of rotatable bonds is 4. The molecule has 1 saturated heterocycles. The van der Waals surface area contributed by atoms with Gasteiger partial charge in [0.15, 0.2) is 0 Å². The van der Waals surface area contributed by atoms with E-state index in [4.69, 9.17) is 5.73 Å². The molecule has 1 aliphatic heterocycles. The number of alkyl halides is 2. The third-order valence-electron chi connectivity index (χ3n) is 4.03. The molecule has 0 amide bonds. The number of nitrogens with two attached hydrogens (primary N) is 1. The molecule has 20 heavy (non-hydrogen) atoms. The lowest BCUT2D eigenvalue weighted by Crippen LogP contribution is -2.56. The lowest BCUT2D eigenvalue weighted by atomic mass is 9.86. The highest BCUT2D eigenvalue weighted by Crippen LogP contribution is 2.43. The molecule has 2 rings (SSSR count). The van der Waals surface area contributed by atoms with E-state index in [1.807, 2.05) is 18.7 Å². The minimum Gasteiger partial charge on any atom is -0.324 e. The van der Waals surface area contributed by atoms with Crippen LogP contribution in [0.5, 0.6) is 0 Å². The van der Waals surface area contributed by atoms with E-state index in [0.717, 1.165) is 0 Å². The number of nitrogens with zero attached hydrogens (tertiary/aromatic N) is 1. The molecule has 1 aromatic rings. The summed E-state index contributed by atoms with van der Waals surface area (Å²) in [5.74, 6) is -4.85. The Morgan fingerprint density at radius 3 is 2.35 bits per heavy atom. The number of likely N-dealkylation sites (tertiary alicyclic amines) is 1. The van der Waals surface area contributed by atoms with E-state index >= 15 is 0 Å². The van der Waals surface area contributed by atoms with Crippen molar-refractivity contribution in [3.05, 3.63) is 35.1 Å². The van der Waals surface area contributed by atoms with Crippen LogP contribution in [0.25, 0.3) is 0 Å². The molecule has 1 fully saturated rings. The average Bonchev–Trinajstić information content (AvgIpc) is 2.25. The highest BCUT2D eigenvalue weighted by molar-refractivity contribution is 5.32. The van der Waals surface area contributed by atoms with Gasteiger partial charge in [-0.1, -0.05) is 18.2 Å². The fourth-order valence-electron chi connectivity index (χ4n) is 2.54. The minimum absolute atomic E-state index is 0.141. The first-order chi connectivity index (χ1) is 9.25. The largest absolute Gasteiger partial charge is 0.324 e. The Morgan fingerprint density at radius 2 is 1.85 bits per heavy atom. The van der Waals surface area contributed by atoms with Crippen molar-refractivity contribution in [2.75, 3.05) is 13.1 Å². The molecular weight excluding hydrogens is 265 g/mol. The monoisotopic (exact) mass is 286 g/mol. The van der Waals surface area contributed by atoms with Gasteiger partial charge in [0.05, 0.1) is 11.5 Å². The molecular formula is C15H21F3N2. The van der Waals surface area contributed by atoms with E-state index < -0.39 is 29.3 Å². The highest BCUT2D eigenvalue weighted by Gasteiger charge is 2.49. The maximum atomic E-state index is 14.4. The molecule has 1 heterocycles. The average molecular weight is 286 g/mol. The quantitative estimate of drug-likeness (QED) is 0.920. The first-order valence-corrected chi connectivity index (χ1v) is 6.91. The molecule has 1 atom stereocenters. The summed E-state index contributed by atoms with van der Waals surface area (Å²) < 4.78 is 43.1. The van der Waals surface area contributed by atoms with Crippen molar-refractivity contribution in [2.45, 2.75) is 38.8 Å². The van der Waals surface area contributed by atoms with Crippen LogP contribution in [0.4, 0.5) is 13.2 Å². The summed E-state index contributed by atoms with van der Waals surface area (Å²) in [6.45, 7) is 6.11. The van der Waals surface area contributed by atoms with Crippen molar-refractivity contribution in [1.29, 1.82) is 0 Å². The second-order valence-electron chi connectivity index (χ2n) is 5.86. The fourth-order valence-corrected chi connectivity index (χ4v) is 2.54. The number of halogens is 3. The van der Waals surface area contributed by atoms with Gasteiger partial charge in [-0.2, -0.15) is 0 Å². The molecule has 2 nitrogen and oxygen atoms in total. The Bertz CT molecular complexity index is 480. The summed E-state index contributed by atoms with van der Waals surface area (Å²) >= 11 is 0. The molecule has 0 saturated carbocycles. The summed E-state index contributed by atoms with van der Waals surface area (Å²) in [6, 6.07) is 3.71. The van der Waals surface area contributed by atoms with Gasteiger partial charge in [-0.15, -0.1) is 0 Å². The number of hydrogen-bond acceptors (Lipinski definition) is 2. The normalized spacial score (nSPS) is 19.2. The Balaban J connectivity index is 2.25. The zero-order valence-electron chi connectivity index (χ0n) is 12.0. The van der Waals surface area contributed by atoms with Crippen molar-refractivity contribution >= 4 is 0 Å². The molecule has 0 aliphatic carbocycles. The fraction of sp³-hybridized carbons (Fsp3) is 0.600. The lowest BCUT2D eigenvalue weighted by Gasteiger charge is -2.45. The van der Waals surface area contributed by atoms with Crippen LogP contribution in [0.15, 0.2) is 18.2 Å². The van der Waals surface area contributed by atoms with Crippen molar-refractivity contribution in [3.63, 3.8) is 0 Å². The maximum absolute atomic E-state index is 14.4. The molecule has 5 heteroatoms. The van der Waals surface area contributed by atoms with Crippen LogP contribution in [-0.2, 0) is 5.92 Å². The third-order valence-corrected chi connectivity index (χ3v) is 4.03. The van der Waals surface area contributed by atoms with Crippen LogP contribution in [0.3, 0.4) is 0 Å². The lowest BCUT2D eigenvalue weighted by molar-refractivity contribution is -0.132. The molecule has 0 spiro atoms. The van der Waals surface area contributed by atoms with Gasteiger partial charge < -0.3 is 5.73 Å². The second-order valence-corrected chi connectivity index (χ2v) is 5.86. The molecule has 1 aromatic carbocycles. The van der Waals surface area contributed by atoms with E-state index in [2.05, 4.69) is 0 Å². The van der Waals surface area contributed by atoms with Gasteiger partial charge >= 0.3 is 0 Å². The number of benzene rings is 1. The predicted molar refractivity (Wildman–Crippen MR) is 73.1 cm³/mol. The third kappa shape index (κ3) is 2.56.